The Hall–Kier alpha value is -2.57. The van der Waals surface area contributed by atoms with Gasteiger partial charge in [0.05, 0.1) is 21.9 Å². The number of carbonyl (C=O) groups is 1. The minimum atomic E-state index is -0.655. The molecule has 0 spiro atoms. The van der Waals surface area contributed by atoms with Gasteiger partial charge in [-0.15, -0.1) is 0 Å². The minimum absolute atomic E-state index is 0.0318. The van der Waals surface area contributed by atoms with Crippen molar-refractivity contribution in [3.8, 4) is 5.75 Å². The molecule has 0 bridgehead atoms. The average Bonchev–Trinajstić information content (AvgIpc) is 2.90. The van der Waals surface area contributed by atoms with Crippen LogP contribution >= 0.6 is 0 Å². The van der Waals surface area contributed by atoms with Crippen molar-refractivity contribution in [1.29, 1.82) is 0 Å². The van der Waals surface area contributed by atoms with E-state index in [0.717, 1.165) is 17.8 Å². The Kier molecular flexibility index (Phi) is 3.97. The van der Waals surface area contributed by atoms with E-state index in [1.807, 2.05) is 32.8 Å². The molecule has 1 saturated heterocycles. The van der Waals surface area contributed by atoms with Gasteiger partial charge in [-0.25, -0.2) is 0 Å². The van der Waals surface area contributed by atoms with Crippen LogP contribution in [0.25, 0.3) is 5.70 Å². The van der Waals surface area contributed by atoms with E-state index < -0.39 is 10.5 Å². The first-order chi connectivity index (χ1) is 11.6. The number of hydrogen-bond acceptors (Lipinski definition) is 5. The fraction of sp³-hybridized carbons (Fsp3) is 0.500. The van der Waals surface area contributed by atoms with Crippen molar-refractivity contribution >= 4 is 17.3 Å². The monoisotopic (exact) mass is 345 g/mol. The van der Waals surface area contributed by atoms with Crippen LogP contribution in [0.2, 0.25) is 0 Å². The maximum Gasteiger partial charge on any atom is 0.273 e. The number of likely N-dealkylation sites (tertiary alicyclic amines) is 1. The van der Waals surface area contributed by atoms with E-state index in [0.29, 0.717) is 29.8 Å². The SMILES string of the molecule is Cc1c([N+](=O)[O-])ccc2c1C(N1CCCC1=O)=C(N(C)C)C(C)(C)O2. The molecule has 134 valence electrons. The Morgan fingerprint density at radius 1 is 1.32 bits per heavy atom. The lowest BCUT2D eigenvalue weighted by Gasteiger charge is -2.42. The van der Waals surface area contributed by atoms with Gasteiger partial charge in [-0.1, -0.05) is 0 Å². The summed E-state index contributed by atoms with van der Waals surface area (Å²) >= 11 is 0. The van der Waals surface area contributed by atoms with Crippen molar-refractivity contribution < 1.29 is 14.5 Å². The zero-order valence-corrected chi connectivity index (χ0v) is 15.3. The first-order valence-electron chi connectivity index (χ1n) is 8.35. The predicted octanol–water partition coefficient (Wildman–Crippen LogP) is 2.93. The van der Waals surface area contributed by atoms with Crippen molar-refractivity contribution in [2.45, 2.75) is 39.2 Å². The van der Waals surface area contributed by atoms with Gasteiger partial charge in [-0.05, 0) is 33.3 Å². The Morgan fingerprint density at radius 3 is 2.52 bits per heavy atom. The van der Waals surface area contributed by atoms with E-state index in [1.54, 1.807) is 17.9 Å². The van der Waals surface area contributed by atoms with Gasteiger partial charge in [-0.2, -0.15) is 0 Å². The molecule has 0 saturated carbocycles. The summed E-state index contributed by atoms with van der Waals surface area (Å²) < 4.78 is 6.17. The molecule has 1 aromatic rings. The molecule has 0 aliphatic carbocycles. The van der Waals surface area contributed by atoms with Gasteiger partial charge in [-0.3, -0.25) is 14.9 Å². The highest BCUT2D eigenvalue weighted by Crippen LogP contribution is 2.47. The number of nitrogens with zero attached hydrogens (tertiary/aromatic N) is 3. The highest BCUT2D eigenvalue weighted by Gasteiger charge is 2.42. The highest BCUT2D eigenvalue weighted by atomic mass is 16.6. The van der Waals surface area contributed by atoms with Crippen LogP contribution in [-0.4, -0.2) is 46.9 Å². The summed E-state index contributed by atoms with van der Waals surface area (Å²) in [6.07, 6.45) is 1.28. The molecule has 0 unspecified atom stereocenters. The number of nitro groups is 1. The molecule has 7 nitrogen and oxygen atoms in total. The predicted molar refractivity (Wildman–Crippen MR) is 94.1 cm³/mol. The van der Waals surface area contributed by atoms with Crippen LogP contribution in [0.4, 0.5) is 5.69 Å². The van der Waals surface area contributed by atoms with Crippen LogP contribution in [0.5, 0.6) is 5.75 Å². The standard InChI is InChI=1S/C18H23N3O4/c1-11-12(21(23)24)8-9-13-15(11)16(20-10-6-7-14(20)22)17(19(4)5)18(2,3)25-13/h8-9H,6-7,10H2,1-5H3. The maximum atomic E-state index is 12.5. The molecule has 0 radical (unpaired) electrons. The van der Waals surface area contributed by atoms with Gasteiger partial charge >= 0.3 is 0 Å². The average molecular weight is 345 g/mol. The topological polar surface area (TPSA) is 75.9 Å². The zero-order chi connectivity index (χ0) is 18.5. The van der Waals surface area contributed by atoms with Crippen LogP contribution in [0, 0.1) is 17.0 Å². The van der Waals surface area contributed by atoms with Crippen LogP contribution in [0.1, 0.15) is 37.8 Å². The number of ether oxygens (including phenoxy) is 1. The molecule has 1 fully saturated rings. The first-order valence-corrected chi connectivity index (χ1v) is 8.35. The quantitative estimate of drug-likeness (QED) is 0.622. The Morgan fingerprint density at radius 2 is 2.00 bits per heavy atom. The first kappa shape index (κ1) is 17.3. The second kappa shape index (κ2) is 5.75. The number of amides is 1. The number of nitro benzene ring substituents is 1. The number of carbonyl (C=O) groups excluding carboxylic acids is 1. The third-order valence-electron chi connectivity index (χ3n) is 4.78. The molecule has 7 heteroatoms. The largest absolute Gasteiger partial charge is 0.481 e. The molecule has 0 N–H and O–H groups in total. The van der Waals surface area contributed by atoms with E-state index >= 15 is 0 Å². The summed E-state index contributed by atoms with van der Waals surface area (Å²) in [5.41, 5.74) is 2.12. The van der Waals surface area contributed by atoms with E-state index in [2.05, 4.69) is 0 Å². The van der Waals surface area contributed by atoms with Crippen LogP contribution in [0.3, 0.4) is 0 Å². The summed E-state index contributed by atoms with van der Waals surface area (Å²) in [4.78, 5) is 27.2. The van der Waals surface area contributed by atoms with E-state index in [9.17, 15) is 14.9 Å². The zero-order valence-electron chi connectivity index (χ0n) is 15.3. The smallest absolute Gasteiger partial charge is 0.273 e. The Bertz CT molecular complexity index is 796. The number of rotatable bonds is 3. The van der Waals surface area contributed by atoms with E-state index in [1.165, 1.54) is 6.07 Å². The second-order valence-corrected chi connectivity index (χ2v) is 7.19. The third kappa shape index (κ3) is 2.63. The summed E-state index contributed by atoms with van der Waals surface area (Å²) in [6.45, 7) is 6.22. The molecule has 1 amide bonds. The molecular weight excluding hydrogens is 322 g/mol. The van der Waals surface area contributed by atoms with E-state index in [4.69, 9.17) is 4.74 Å². The van der Waals surface area contributed by atoms with Gasteiger partial charge in [0.25, 0.3) is 5.69 Å². The molecule has 0 aromatic heterocycles. The van der Waals surface area contributed by atoms with Crippen LogP contribution in [-0.2, 0) is 4.79 Å². The van der Waals surface area contributed by atoms with Crippen LogP contribution < -0.4 is 4.74 Å². The summed E-state index contributed by atoms with van der Waals surface area (Å²) in [7, 11) is 3.80. The van der Waals surface area contributed by atoms with E-state index in [-0.39, 0.29) is 11.6 Å². The van der Waals surface area contributed by atoms with Gasteiger partial charge in [0.2, 0.25) is 5.91 Å². The van der Waals surface area contributed by atoms with Gasteiger partial charge in [0.15, 0.2) is 0 Å². The van der Waals surface area contributed by atoms with Crippen molar-refractivity contribution in [2.24, 2.45) is 0 Å². The Labute approximate surface area is 147 Å². The molecule has 25 heavy (non-hydrogen) atoms. The maximum absolute atomic E-state index is 12.5. The van der Waals surface area contributed by atoms with Gasteiger partial charge < -0.3 is 14.5 Å². The number of benzene rings is 1. The normalized spacial score (nSPS) is 18.9. The molecule has 1 aromatic carbocycles. The lowest BCUT2D eigenvalue weighted by Crippen LogP contribution is -2.44. The lowest BCUT2D eigenvalue weighted by atomic mass is 9.90. The fourth-order valence-electron chi connectivity index (χ4n) is 3.88. The van der Waals surface area contributed by atoms with Crippen molar-refractivity contribution in [1.82, 2.24) is 9.80 Å². The van der Waals surface area contributed by atoms with Gasteiger partial charge in [0, 0.05) is 38.7 Å². The molecule has 2 aliphatic rings. The number of likely N-dealkylation sites (N-methyl/N-ethyl adjacent to an activating group) is 1. The highest BCUT2D eigenvalue weighted by molar-refractivity contribution is 5.92. The lowest BCUT2D eigenvalue weighted by molar-refractivity contribution is -0.385. The Balaban J connectivity index is 2.36. The summed E-state index contributed by atoms with van der Waals surface area (Å²) in [5.74, 6) is 0.623. The summed E-state index contributed by atoms with van der Waals surface area (Å²) in [6, 6.07) is 3.10. The minimum Gasteiger partial charge on any atom is -0.481 e. The number of hydrogen-bond donors (Lipinski definition) is 0. The molecule has 2 aliphatic heterocycles. The third-order valence-corrected chi connectivity index (χ3v) is 4.78. The summed E-state index contributed by atoms with van der Waals surface area (Å²) in [5, 5.41) is 11.4. The van der Waals surface area contributed by atoms with Crippen molar-refractivity contribution in [2.75, 3.05) is 20.6 Å². The van der Waals surface area contributed by atoms with Crippen LogP contribution in [0.15, 0.2) is 17.8 Å². The van der Waals surface area contributed by atoms with Gasteiger partial charge in [0.1, 0.15) is 11.4 Å². The molecule has 3 rings (SSSR count). The fourth-order valence-corrected chi connectivity index (χ4v) is 3.88. The molecule has 2 heterocycles. The van der Waals surface area contributed by atoms with Crippen molar-refractivity contribution in [3.63, 3.8) is 0 Å². The number of fused-ring (bicyclic) bond motifs is 1. The van der Waals surface area contributed by atoms with Crippen molar-refractivity contribution in [3.05, 3.63) is 39.1 Å². The molecule has 0 atom stereocenters. The second-order valence-electron chi connectivity index (χ2n) is 7.19. The molecular formula is C18H23N3O4.